The van der Waals surface area contributed by atoms with E-state index >= 15 is 0 Å². The van der Waals surface area contributed by atoms with Crippen molar-refractivity contribution >= 4 is 23.1 Å². The number of aromatic nitrogens is 2. The van der Waals surface area contributed by atoms with Crippen LogP contribution in [0.25, 0.3) is 0 Å². The fourth-order valence-corrected chi connectivity index (χ4v) is 1.34. The summed E-state index contributed by atoms with van der Waals surface area (Å²) in [6.45, 7) is 0. The van der Waals surface area contributed by atoms with Gasteiger partial charge in [0.1, 0.15) is 5.82 Å². The Morgan fingerprint density at radius 2 is 2.06 bits per heavy atom. The number of non-ortho nitro benzene ring substituents is 1. The van der Waals surface area contributed by atoms with Crippen LogP contribution in [0.2, 0.25) is 5.02 Å². The number of anilines is 1. The van der Waals surface area contributed by atoms with Gasteiger partial charge in [-0.1, -0.05) is 11.6 Å². The van der Waals surface area contributed by atoms with E-state index in [-0.39, 0.29) is 28.2 Å². The number of rotatable bonds is 3. The highest BCUT2D eigenvalue weighted by Crippen LogP contribution is 2.31. The van der Waals surface area contributed by atoms with Crippen LogP contribution in [0.5, 0.6) is 11.6 Å². The Morgan fingerprint density at radius 1 is 1.28 bits per heavy atom. The van der Waals surface area contributed by atoms with Gasteiger partial charge in [-0.15, -0.1) is 10.2 Å². The average Bonchev–Trinajstić information content (AvgIpc) is 2.34. The van der Waals surface area contributed by atoms with Crippen LogP contribution in [-0.2, 0) is 0 Å². The van der Waals surface area contributed by atoms with Crippen LogP contribution in [-0.4, -0.2) is 15.1 Å². The summed E-state index contributed by atoms with van der Waals surface area (Å²) in [5, 5.41) is 18.1. The van der Waals surface area contributed by atoms with E-state index in [0.717, 1.165) is 0 Å². The highest BCUT2D eigenvalue weighted by atomic mass is 35.5. The van der Waals surface area contributed by atoms with Gasteiger partial charge in [-0.05, 0) is 12.1 Å². The highest BCUT2D eigenvalue weighted by molar-refractivity contribution is 6.32. The number of nitrogens with two attached hydrogens (primary N) is 1. The van der Waals surface area contributed by atoms with Crippen LogP contribution in [0.4, 0.5) is 11.5 Å². The molecule has 1 aromatic heterocycles. The minimum absolute atomic E-state index is 0.127. The number of ether oxygens (including phenoxy) is 1. The van der Waals surface area contributed by atoms with Gasteiger partial charge in [0.15, 0.2) is 5.75 Å². The largest absolute Gasteiger partial charge is 0.436 e. The molecule has 2 rings (SSSR count). The van der Waals surface area contributed by atoms with E-state index in [0.29, 0.717) is 0 Å². The second-order valence-corrected chi connectivity index (χ2v) is 3.68. The molecule has 0 saturated heterocycles. The minimum atomic E-state index is -0.544. The number of nitrogens with zero attached hydrogens (tertiary/aromatic N) is 3. The summed E-state index contributed by atoms with van der Waals surface area (Å²) in [7, 11) is 0. The van der Waals surface area contributed by atoms with Crippen molar-refractivity contribution in [2.24, 2.45) is 0 Å². The zero-order chi connectivity index (χ0) is 13.1. The lowest BCUT2D eigenvalue weighted by Crippen LogP contribution is -1.96. The third-order valence-corrected chi connectivity index (χ3v) is 2.31. The standard InChI is InChI=1S/C10H7ClN4O3/c11-7-2-1-6(15(16)17)5-8(7)18-10-4-3-9(12)13-14-10/h1-5H,(H2,12,13). The molecule has 1 heterocycles. The molecule has 0 bridgehead atoms. The molecule has 0 fully saturated rings. The van der Waals surface area contributed by atoms with Crippen molar-refractivity contribution in [1.82, 2.24) is 10.2 Å². The molecular weight excluding hydrogens is 260 g/mol. The zero-order valence-corrected chi connectivity index (χ0v) is 9.66. The highest BCUT2D eigenvalue weighted by Gasteiger charge is 2.12. The summed E-state index contributed by atoms with van der Waals surface area (Å²) in [6.07, 6.45) is 0. The van der Waals surface area contributed by atoms with Gasteiger partial charge in [0.2, 0.25) is 5.88 Å². The lowest BCUT2D eigenvalue weighted by molar-refractivity contribution is -0.384. The maximum Gasteiger partial charge on any atom is 0.273 e. The third-order valence-electron chi connectivity index (χ3n) is 2.00. The molecule has 0 spiro atoms. The number of nitro benzene ring substituents is 1. The second-order valence-electron chi connectivity index (χ2n) is 3.27. The fourth-order valence-electron chi connectivity index (χ4n) is 1.18. The molecule has 2 N–H and O–H groups in total. The summed E-state index contributed by atoms with van der Waals surface area (Å²) in [6, 6.07) is 6.84. The number of nitro groups is 1. The number of halogens is 1. The molecule has 0 amide bonds. The van der Waals surface area contributed by atoms with Crippen molar-refractivity contribution in [2.75, 3.05) is 5.73 Å². The van der Waals surface area contributed by atoms with Crippen LogP contribution in [0.15, 0.2) is 30.3 Å². The van der Waals surface area contributed by atoms with Crippen molar-refractivity contribution in [2.45, 2.75) is 0 Å². The van der Waals surface area contributed by atoms with Gasteiger partial charge < -0.3 is 10.5 Å². The Morgan fingerprint density at radius 3 is 2.67 bits per heavy atom. The number of hydrogen-bond donors (Lipinski definition) is 1. The molecule has 92 valence electrons. The van der Waals surface area contributed by atoms with E-state index in [4.69, 9.17) is 22.1 Å². The molecule has 8 heteroatoms. The van der Waals surface area contributed by atoms with E-state index in [1.807, 2.05) is 0 Å². The molecular formula is C10H7ClN4O3. The molecule has 0 saturated carbocycles. The summed E-state index contributed by atoms with van der Waals surface area (Å²) in [4.78, 5) is 10.1. The van der Waals surface area contributed by atoms with Crippen molar-refractivity contribution in [1.29, 1.82) is 0 Å². The molecule has 0 unspecified atom stereocenters. The SMILES string of the molecule is Nc1ccc(Oc2cc([N+](=O)[O-])ccc2Cl)nn1. The number of nitrogen functional groups attached to an aromatic ring is 1. The Hall–Kier alpha value is -2.41. The summed E-state index contributed by atoms with van der Waals surface area (Å²) < 4.78 is 5.29. The van der Waals surface area contributed by atoms with E-state index < -0.39 is 4.92 Å². The second kappa shape index (κ2) is 4.84. The monoisotopic (exact) mass is 266 g/mol. The van der Waals surface area contributed by atoms with Gasteiger partial charge in [0.25, 0.3) is 5.69 Å². The Kier molecular flexibility index (Phi) is 3.24. The van der Waals surface area contributed by atoms with Crippen LogP contribution >= 0.6 is 11.6 Å². The van der Waals surface area contributed by atoms with Gasteiger partial charge in [-0.25, -0.2) is 0 Å². The molecule has 1 aromatic carbocycles. The molecule has 2 aromatic rings. The van der Waals surface area contributed by atoms with Crippen molar-refractivity contribution < 1.29 is 9.66 Å². The van der Waals surface area contributed by atoms with E-state index in [1.54, 1.807) is 0 Å². The Labute approximate surface area is 106 Å². The number of hydrogen-bond acceptors (Lipinski definition) is 6. The Balaban J connectivity index is 2.30. The zero-order valence-electron chi connectivity index (χ0n) is 8.91. The van der Waals surface area contributed by atoms with Crippen LogP contribution in [0.1, 0.15) is 0 Å². The van der Waals surface area contributed by atoms with Crippen molar-refractivity contribution in [3.8, 4) is 11.6 Å². The average molecular weight is 267 g/mol. The van der Waals surface area contributed by atoms with Crippen LogP contribution in [0, 0.1) is 10.1 Å². The summed E-state index contributed by atoms with van der Waals surface area (Å²) in [5.41, 5.74) is 5.24. The van der Waals surface area contributed by atoms with Gasteiger partial charge in [0.05, 0.1) is 16.0 Å². The summed E-state index contributed by atoms with van der Waals surface area (Å²) >= 11 is 5.86. The van der Waals surface area contributed by atoms with E-state index in [1.165, 1.54) is 30.3 Å². The van der Waals surface area contributed by atoms with Gasteiger partial charge in [-0.3, -0.25) is 10.1 Å². The molecule has 7 nitrogen and oxygen atoms in total. The summed E-state index contributed by atoms with van der Waals surface area (Å²) in [5.74, 6) is 0.518. The first-order valence-electron chi connectivity index (χ1n) is 4.77. The molecule has 0 atom stereocenters. The fraction of sp³-hybridized carbons (Fsp3) is 0. The first kappa shape index (κ1) is 12.1. The maximum absolute atomic E-state index is 10.6. The minimum Gasteiger partial charge on any atom is -0.436 e. The lowest BCUT2D eigenvalue weighted by atomic mass is 10.3. The van der Waals surface area contributed by atoms with Gasteiger partial charge >= 0.3 is 0 Å². The molecule has 0 aliphatic carbocycles. The van der Waals surface area contributed by atoms with Gasteiger partial charge in [0, 0.05) is 12.1 Å². The molecule has 0 aliphatic rings. The first-order chi connectivity index (χ1) is 8.56. The molecule has 0 aliphatic heterocycles. The predicted molar refractivity (Wildman–Crippen MR) is 64.6 cm³/mol. The smallest absolute Gasteiger partial charge is 0.273 e. The van der Waals surface area contributed by atoms with E-state index in [9.17, 15) is 10.1 Å². The van der Waals surface area contributed by atoms with Gasteiger partial charge in [-0.2, -0.15) is 0 Å². The predicted octanol–water partition coefficient (Wildman–Crippen LogP) is 2.41. The number of benzene rings is 1. The normalized spacial score (nSPS) is 10.1. The Bertz CT molecular complexity index is 588. The molecule has 18 heavy (non-hydrogen) atoms. The first-order valence-corrected chi connectivity index (χ1v) is 5.15. The lowest BCUT2D eigenvalue weighted by Gasteiger charge is -2.05. The third kappa shape index (κ3) is 2.64. The van der Waals surface area contributed by atoms with Crippen molar-refractivity contribution in [3.63, 3.8) is 0 Å². The van der Waals surface area contributed by atoms with E-state index in [2.05, 4.69) is 10.2 Å². The topological polar surface area (TPSA) is 104 Å². The molecule has 0 radical (unpaired) electrons. The maximum atomic E-state index is 10.6. The van der Waals surface area contributed by atoms with Crippen LogP contribution in [0.3, 0.4) is 0 Å². The van der Waals surface area contributed by atoms with Crippen LogP contribution < -0.4 is 10.5 Å². The quantitative estimate of drug-likeness (QED) is 0.676. The van der Waals surface area contributed by atoms with Crippen molar-refractivity contribution in [3.05, 3.63) is 45.5 Å².